The average Bonchev–Trinajstić information content (AvgIpc) is 2.09. The molecule has 55 valence electrons. The summed E-state index contributed by atoms with van der Waals surface area (Å²) in [7, 11) is 1.77. The third-order valence-corrected chi connectivity index (χ3v) is 1.92. The third kappa shape index (κ3) is 1.02. The average molecular weight is 159 g/mol. The Morgan fingerprint density at radius 3 is 2.50 bits per heavy atom. The summed E-state index contributed by atoms with van der Waals surface area (Å²) in [4.78, 5) is 0. The number of nitrogens with zero attached hydrogens (tertiary/aromatic N) is 2. The first-order valence-corrected chi connectivity index (χ1v) is 3.37. The lowest BCUT2D eigenvalue weighted by Gasteiger charge is -1.91. The largest absolute Gasteiger partial charge is 0.256 e. The number of halogens is 1. The van der Waals surface area contributed by atoms with Crippen molar-refractivity contribution >= 4 is 11.6 Å². The molecule has 0 aliphatic rings. The summed E-state index contributed by atoms with van der Waals surface area (Å²) in [6, 6.07) is 0. The van der Waals surface area contributed by atoms with Crippen molar-refractivity contribution in [1.29, 1.82) is 0 Å². The highest BCUT2D eigenvalue weighted by Crippen LogP contribution is 2.17. The third-order valence-electron chi connectivity index (χ3n) is 1.45. The second-order valence-electron chi connectivity index (χ2n) is 2.16. The molecule has 0 fully saturated rings. The zero-order valence-corrected chi connectivity index (χ0v) is 6.74. The van der Waals surface area contributed by atoms with Gasteiger partial charge in [-0.1, -0.05) is 11.6 Å². The molecule has 4 heteroatoms. The number of hydrogen-bond donors (Lipinski definition) is 0. The molecule has 0 saturated carbocycles. The van der Waals surface area contributed by atoms with Gasteiger partial charge >= 0.3 is 0 Å². The monoisotopic (exact) mass is 158 g/mol. The van der Waals surface area contributed by atoms with Gasteiger partial charge in [-0.15, -0.1) is 0 Å². The van der Waals surface area contributed by atoms with Gasteiger partial charge in [-0.3, -0.25) is 10.4 Å². The number of nitrogens with one attached hydrogen (secondary N) is 1. The Morgan fingerprint density at radius 2 is 2.30 bits per heavy atom. The Kier molecular flexibility index (Phi) is 1.97. The molecule has 0 bridgehead atoms. The maximum Gasteiger partial charge on any atom is 0.131 e. The molecule has 0 amide bonds. The molecule has 1 aromatic heterocycles. The molecular formula is C6H9ClN3. The van der Waals surface area contributed by atoms with E-state index in [1.807, 2.05) is 6.92 Å². The van der Waals surface area contributed by atoms with Gasteiger partial charge < -0.3 is 0 Å². The van der Waals surface area contributed by atoms with E-state index in [9.17, 15) is 0 Å². The van der Waals surface area contributed by atoms with Gasteiger partial charge in [-0.2, -0.15) is 5.10 Å². The molecule has 1 rings (SSSR count). The normalized spacial score (nSPS) is 10.4. The molecular weight excluding hydrogens is 150 g/mol. The Balaban J connectivity index is 3.20. The molecule has 1 heterocycles. The lowest BCUT2D eigenvalue weighted by molar-refractivity contribution is 0.757. The molecule has 1 radical (unpaired) electrons. The lowest BCUT2D eigenvalue weighted by atomic mass is 10.3. The van der Waals surface area contributed by atoms with Gasteiger partial charge in [-0.25, -0.2) is 0 Å². The van der Waals surface area contributed by atoms with E-state index in [2.05, 4.69) is 5.10 Å². The molecule has 3 nitrogen and oxygen atoms in total. The Morgan fingerprint density at radius 1 is 1.70 bits per heavy atom. The van der Waals surface area contributed by atoms with E-state index >= 15 is 0 Å². The standard InChI is InChI=1S/C6H9ClN3/c1-4-5(3-8)6(7)10(2)9-4/h8H,3H2,1-2H3. The first-order chi connectivity index (χ1) is 4.66. The smallest absolute Gasteiger partial charge is 0.131 e. The van der Waals surface area contributed by atoms with Crippen molar-refractivity contribution in [3.8, 4) is 0 Å². The number of aryl methyl sites for hydroxylation is 2. The number of hydrogen-bond acceptors (Lipinski definition) is 1. The molecule has 10 heavy (non-hydrogen) atoms. The van der Waals surface area contributed by atoms with Gasteiger partial charge in [0.25, 0.3) is 0 Å². The van der Waals surface area contributed by atoms with Gasteiger partial charge in [0.1, 0.15) is 5.15 Å². The van der Waals surface area contributed by atoms with E-state index < -0.39 is 0 Å². The van der Waals surface area contributed by atoms with Gasteiger partial charge in [0, 0.05) is 19.2 Å². The number of rotatable bonds is 1. The molecule has 1 N–H and O–H groups in total. The van der Waals surface area contributed by atoms with Crippen LogP contribution >= 0.6 is 11.6 Å². The summed E-state index contributed by atoms with van der Waals surface area (Å²) < 4.78 is 1.58. The molecule has 1 aromatic rings. The summed E-state index contributed by atoms with van der Waals surface area (Å²) in [5, 5.41) is 4.62. The van der Waals surface area contributed by atoms with E-state index in [0.29, 0.717) is 5.15 Å². The molecule has 0 spiro atoms. The lowest BCUT2D eigenvalue weighted by Crippen LogP contribution is -1.89. The van der Waals surface area contributed by atoms with Crippen molar-refractivity contribution in [2.24, 2.45) is 7.05 Å². The first kappa shape index (κ1) is 7.57. The molecule has 0 aliphatic heterocycles. The van der Waals surface area contributed by atoms with Crippen molar-refractivity contribution < 1.29 is 0 Å². The zero-order valence-electron chi connectivity index (χ0n) is 5.98. The van der Waals surface area contributed by atoms with E-state index in [4.69, 9.17) is 17.3 Å². The van der Waals surface area contributed by atoms with Crippen LogP contribution in [0.15, 0.2) is 0 Å². The van der Waals surface area contributed by atoms with Crippen LogP contribution in [0.25, 0.3) is 0 Å². The Hall–Kier alpha value is -0.540. The van der Waals surface area contributed by atoms with E-state index in [1.165, 1.54) is 0 Å². The maximum absolute atomic E-state index is 7.10. The summed E-state index contributed by atoms with van der Waals surface area (Å²) in [5.74, 6) is 0. The van der Waals surface area contributed by atoms with Crippen molar-refractivity contribution in [3.63, 3.8) is 0 Å². The predicted octanol–water partition coefficient (Wildman–Crippen LogP) is 1.16. The minimum atomic E-state index is 0.207. The van der Waals surface area contributed by atoms with Gasteiger partial charge in [0.05, 0.1) is 5.69 Å². The van der Waals surface area contributed by atoms with Crippen LogP contribution in [0.1, 0.15) is 11.3 Å². The minimum Gasteiger partial charge on any atom is -0.256 e. The maximum atomic E-state index is 7.10. The highest BCUT2D eigenvalue weighted by molar-refractivity contribution is 6.30. The second-order valence-corrected chi connectivity index (χ2v) is 2.51. The van der Waals surface area contributed by atoms with Gasteiger partial charge in [0.15, 0.2) is 0 Å². The summed E-state index contributed by atoms with van der Waals surface area (Å²) in [5.41, 5.74) is 8.77. The van der Waals surface area contributed by atoms with Gasteiger partial charge in [0.2, 0.25) is 0 Å². The first-order valence-electron chi connectivity index (χ1n) is 2.99. The van der Waals surface area contributed by atoms with Crippen LogP contribution in [-0.4, -0.2) is 9.78 Å². The number of aromatic nitrogens is 2. The predicted molar refractivity (Wildman–Crippen MR) is 39.8 cm³/mol. The van der Waals surface area contributed by atoms with Crippen molar-refractivity contribution in [2.75, 3.05) is 0 Å². The zero-order chi connectivity index (χ0) is 7.72. The van der Waals surface area contributed by atoms with Crippen LogP contribution in [0.5, 0.6) is 0 Å². The van der Waals surface area contributed by atoms with E-state index in [1.54, 1.807) is 11.7 Å². The fraction of sp³-hybridized carbons (Fsp3) is 0.500. The molecule has 0 unspecified atom stereocenters. The summed E-state index contributed by atoms with van der Waals surface area (Å²) in [6.07, 6.45) is 0. The van der Waals surface area contributed by atoms with Crippen LogP contribution in [0, 0.1) is 6.92 Å². The van der Waals surface area contributed by atoms with E-state index in [-0.39, 0.29) is 6.54 Å². The fourth-order valence-electron chi connectivity index (χ4n) is 0.875. The van der Waals surface area contributed by atoms with E-state index in [0.717, 1.165) is 11.3 Å². The fourth-order valence-corrected chi connectivity index (χ4v) is 1.12. The topological polar surface area (TPSA) is 41.6 Å². The van der Waals surface area contributed by atoms with Crippen LogP contribution < -0.4 is 5.73 Å². The van der Waals surface area contributed by atoms with Crippen molar-refractivity contribution in [1.82, 2.24) is 15.5 Å². The highest BCUT2D eigenvalue weighted by atomic mass is 35.5. The van der Waals surface area contributed by atoms with Gasteiger partial charge in [-0.05, 0) is 6.92 Å². The summed E-state index contributed by atoms with van der Waals surface area (Å²) >= 11 is 5.79. The minimum absolute atomic E-state index is 0.207. The second kappa shape index (κ2) is 2.60. The Labute approximate surface area is 64.8 Å². The molecule has 0 aliphatic carbocycles. The Bertz CT molecular complexity index is 241. The van der Waals surface area contributed by atoms with Crippen molar-refractivity contribution in [3.05, 3.63) is 16.4 Å². The molecule has 0 saturated heterocycles. The van der Waals surface area contributed by atoms with Crippen LogP contribution in [0.2, 0.25) is 5.15 Å². The SMILES string of the molecule is Cc1nn(C)c(Cl)c1C[NH]. The quantitative estimate of drug-likeness (QED) is 0.605. The molecule has 0 aromatic carbocycles. The van der Waals surface area contributed by atoms with Crippen LogP contribution in [0.3, 0.4) is 0 Å². The van der Waals surface area contributed by atoms with Crippen LogP contribution in [0.4, 0.5) is 0 Å². The molecule has 0 atom stereocenters. The highest BCUT2D eigenvalue weighted by Gasteiger charge is 2.07. The van der Waals surface area contributed by atoms with Crippen LogP contribution in [-0.2, 0) is 13.6 Å². The van der Waals surface area contributed by atoms with Crippen molar-refractivity contribution in [2.45, 2.75) is 13.5 Å². The summed E-state index contributed by atoms with van der Waals surface area (Å²) in [6.45, 7) is 2.06.